The van der Waals surface area contributed by atoms with Crippen molar-refractivity contribution in [3.8, 4) is 0 Å². The highest BCUT2D eigenvalue weighted by atomic mass is 15.0. The molecule has 1 aliphatic carbocycles. The van der Waals surface area contributed by atoms with E-state index in [9.17, 15) is 0 Å². The van der Waals surface area contributed by atoms with Crippen LogP contribution < -0.4 is 33.2 Å². The molecule has 0 heterocycles. The van der Waals surface area contributed by atoms with Gasteiger partial charge >= 0.3 is 0 Å². The Bertz CT molecular complexity index is 905. The van der Waals surface area contributed by atoms with E-state index < -0.39 is 0 Å². The summed E-state index contributed by atoms with van der Waals surface area (Å²) in [6.07, 6.45) is 5.87. The third kappa shape index (κ3) is 10.8. The molecule has 1 fully saturated rings. The molecule has 1 aliphatic rings. The van der Waals surface area contributed by atoms with E-state index in [0.29, 0.717) is 18.1 Å². The van der Waals surface area contributed by atoms with Crippen LogP contribution in [0.4, 0.5) is 0 Å². The monoisotopic (exact) mass is 528 g/mol. The van der Waals surface area contributed by atoms with Gasteiger partial charge in [0.1, 0.15) is 0 Å². The molecule has 0 radical (unpaired) electrons. The van der Waals surface area contributed by atoms with Crippen molar-refractivity contribution in [2.45, 2.75) is 74.8 Å². The summed E-state index contributed by atoms with van der Waals surface area (Å²) in [6.45, 7) is 2.42. The summed E-state index contributed by atoms with van der Waals surface area (Å²) < 4.78 is 0. The van der Waals surface area contributed by atoms with Crippen LogP contribution in [0.25, 0.3) is 0 Å². The lowest BCUT2D eigenvalue weighted by molar-refractivity contribution is 0.242. The molecule has 6 heteroatoms. The molecule has 0 bridgehead atoms. The van der Waals surface area contributed by atoms with Gasteiger partial charge in [-0.3, -0.25) is 0 Å². The van der Waals surface area contributed by atoms with E-state index in [-0.39, 0.29) is 18.1 Å². The zero-order valence-corrected chi connectivity index (χ0v) is 23.2. The summed E-state index contributed by atoms with van der Waals surface area (Å²) in [5.74, 6) is 0. The molecular formula is C33H48N6. The topological polar surface area (TPSA) is 114 Å². The second-order valence-electron chi connectivity index (χ2n) is 11.4. The SMILES string of the molecule is N[C@H](CNC1CC(NC[C@@H](N)Cc2ccccc2)CC(NC[C@@H](N)Cc2ccccc2)C1)Cc1ccccc1. The molecule has 9 N–H and O–H groups in total. The van der Waals surface area contributed by atoms with Crippen LogP contribution in [0.1, 0.15) is 36.0 Å². The molecule has 39 heavy (non-hydrogen) atoms. The van der Waals surface area contributed by atoms with Gasteiger partial charge in [-0.25, -0.2) is 0 Å². The molecule has 0 aromatic heterocycles. The highest BCUT2D eigenvalue weighted by Gasteiger charge is 2.29. The van der Waals surface area contributed by atoms with Gasteiger partial charge in [0.2, 0.25) is 0 Å². The van der Waals surface area contributed by atoms with Crippen molar-refractivity contribution in [1.82, 2.24) is 16.0 Å². The second-order valence-corrected chi connectivity index (χ2v) is 11.4. The molecule has 0 unspecified atom stereocenters. The van der Waals surface area contributed by atoms with Crippen molar-refractivity contribution < 1.29 is 0 Å². The fourth-order valence-corrected chi connectivity index (χ4v) is 5.74. The summed E-state index contributed by atoms with van der Waals surface area (Å²) in [5.41, 5.74) is 23.4. The fourth-order valence-electron chi connectivity index (χ4n) is 5.74. The maximum absolute atomic E-state index is 6.51. The van der Waals surface area contributed by atoms with Gasteiger partial charge in [-0.05, 0) is 55.2 Å². The predicted octanol–water partition coefficient (Wildman–Crippen LogP) is 2.75. The number of hydrogen-bond donors (Lipinski definition) is 6. The van der Waals surface area contributed by atoms with E-state index in [4.69, 9.17) is 17.2 Å². The molecule has 0 amide bonds. The van der Waals surface area contributed by atoms with E-state index in [1.54, 1.807) is 0 Å². The van der Waals surface area contributed by atoms with Gasteiger partial charge in [-0.1, -0.05) is 91.0 Å². The van der Waals surface area contributed by atoms with E-state index in [1.165, 1.54) is 16.7 Å². The van der Waals surface area contributed by atoms with Gasteiger partial charge in [0.15, 0.2) is 0 Å². The largest absolute Gasteiger partial charge is 0.326 e. The number of hydrogen-bond acceptors (Lipinski definition) is 6. The van der Waals surface area contributed by atoms with Gasteiger partial charge in [0.05, 0.1) is 0 Å². The predicted molar refractivity (Wildman–Crippen MR) is 164 cm³/mol. The summed E-state index contributed by atoms with van der Waals surface area (Å²) in [6, 6.07) is 33.0. The number of rotatable bonds is 15. The fraction of sp³-hybridized carbons (Fsp3) is 0.455. The Labute approximate surface area is 235 Å². The normalized spacial score (nSPS) is 21.8. The molecule has 1 saturated carbocycles. The Morgan fingerprint density at radius 3 is 0.974 bits per heavy atom. The van der Waals surface area contributed by atoms with Crippen molar-refractivity contribution in [2.75, 3.05) is 19.6 Å². The first kappa shape index (κ1) is 29.4. The molecule has 210 valence electrons. The third-order valence-electron chi connectivity index (χ3n) is 7.74. The van der Waals surface area contributed by atoms with Crippen molar-refractivity contribution >= 4 is 0 Å². The number of benzene rings is 3. The van der Waals surface area contributed by atoms with E-state index in [0.717, 1.165) is 58.2 Å². The quantitative estimate of drug-likeness (QED) is 0.181. The molecule has 4 rings (SSSR count). The van der Waals surface area contributed by atoms with E-state index in [1.807, 2.05) is 18.2 Å². The minimum absolute atomic E-state index is 0.0886. The minimum atomic E-state index is 0.0886. The van der Waals surface area contributed by atoms with Crippen LogP contribution >= 0.6 is 0 Å². The zero-order chi connectivity index (χ0) is 27.3. The lowest BCUT2D eigenvalue weighted by atomic mass is 9.86. The third-order valence-corrected chi connectivity index (χ3v) is 7.74. The van der Waals surface area contributed by atoms with Crippen molar-refractivity contribution in [2.24, 2.45) is 17.2 Å². The molecule has 3 aromatic rings. The molecule has 0 aliphatic heterocycles. The molecule has 3 aromatic carbocycles. The van der Waals surface area contributed by atoms with Gasteiger partial charge in [-0.2, -0.15) is 0 Å². The lowest BCUT2D eigenvalue weighted by Crippen LogP contribution is -2.54. The average Bonchev–Trinajstić information content (AvgIpc) is 2.95. The smallest absolute Gasteiger partial charge is 0.0206 e. The zero-order valence-electron chi connectivity index (χ0n) is 23.2. The maximum Gasteiger partial charge on any atom is 0.0206 e. The molecular weight excluding hydrogens is 480 g/mol. The van der Waals surface area contributed by atoms with E-state index in [2.05, 4.69) is 88.7 Å². The first-order valence-electron chi connectivity index (χ1n) is 14.6. The second kappa shape index (κ2) is 15.9. The number of nitrogens with one attached hydrogen (secondary N) is 3. The van der Waals surface area contributed by atoms with Crippen molar-refractivity contribution in [3.05, 3.63) is 108 Å². The van der Waals surface area contributed by atoms with Crippen LogP contribution in [-0.4, -0.2) is 55.9 Å². The summed E-state index contributed by atoms with van der Waals surface area (Å²) in [7, 11) is 0. The Hall–Kier alpha value is -2.58. The molecule has 0 spiro atoms. The van der Waals surface area contributed by atoms with Crippen LogP contribution in [0.2, 0.25) is 0 Å². The minimum Gasteiger partial charge on any atom is -0.326 e. The Kier molecular flexibility index (Phi) is 12.0. The highest BCUT2D eigenvalue weighted by Crippen LogP contribution is 2.20. The highest BCUT2D eigenvalue weighted by molar-refractivity contribution is 5.17. The molecule has 3 atom stereocenters. The van der Waals surface area contributed by atoms with Crippen LogP contribution in [0.3, 0.4) is 0 Å². The Balaban J connectivity index is 1.28. The summed E-state index contributed by atoms with van der Waals surface area (Å²) in [4.78, 5) is 0. The van der Waals surface area contributed by atoms with Crippen LogP contribution in [0.15, 0.2) is 91.0 Å². The molecule has 6 nitrogen and oxygen atoms in total. The maximum atomic E-state index is 6.51. The van der Waals surface area contributed by atoms with Crippen molar-refractivity contribution in [3.63, 3.8) is 0 Å². The van der Waals surface area contributed by atoms with Gasteiger partial charge in [-0.15, -0.1) is 0 Å². The van der Waals surface area contributed by atoms with Crippen LogP contribution in [0.5, 0.6) is 0 Å². The number of nitrogens with two attached hydrogens (primary N) is 3. The first-order chi connectivity index (χ1) is 19.0. The summed E-state index contributed by atoms with van der Waals surface area (Å²) in [5, 5.41) is 11.4. The van der Waals surface area contributed by atoms with E-state index >= 15 is 0 Å². The first-order valence-corrected chi connectivity index (χ1v) is 14.6. The Morgan fingerprint density at radius 1 is 0.462 bits per heavy atom. The van der Waals surface area contributed by atoms with Crippen molar-refractivity contribution in [1.29, 1.82) is 0 Å². The van der Waals surface area contributed by atoms with Gasteiger partial charge in [0, 0.05) is 55.9 Å². The lowest BCUT2D eigenvalue weighted by Gasteiger charge is -2.38. The molecule has 0 saturated heterocycles. The van der Waals surface area contributed by atoms with Crippen LogP contribution in [-0.2, 0) is 19.3 Å². The standard InChI is InChI=1S/C33H48N6/c34-28(16-25-10-4-1-5-11-25)22-37-31-19-32(38-23-29(35)17-26-12-6-2-7-13-26)21-33(20-31)39-24-30(36)18-27-14-8-3-9-15-27/h1-15,28-33,37-39H,16-24,34-36H2/t28-,29-,30-,31?,32?,33?/m0/s1. The Morgan fingerprint density at radius 2 is 0.718 bits per heavy atom. The van der Waals surface area contributed by atoms with Gasteiger partial charge in [0.25, 0.3) is 0 Å². The average molecular weight is 529 g/mol. The van der Waals surface area contributed by atoms with Crippen LogP contribution in [0, 0.1) is 0 Å². The van der Waals surface area contributed by atoms with Gasteiger partial charge < -0.3 is 33.2 Å². The summed E-state index contributed by atoms with van der Waals surface area (Å²) >= 11 is 0.